The van der Waals surface area contributed by atoms with Crippen LogP contribution in [0, 0.1) is 24.2 Å². The summed E-state index contributed by atoms with van der Waals surface area (Å²) in [5.74, 6) is 1.04. The number of carbonyl (C=O) groups is 1. The van der Waals surface area contributed by atoms with Crippen LogP contribution in [0.15, 0.2) is 74.9 Å². The third-order valence-electron chi connectivity index (χ3n) is 6.58. The number of carbonyl (C=O) groups excluding carboxylic acids is 1. The number of nitrogens with two attached hydrogens (primary N) is 1. The van der Waals surface area contributed by atoms with Gasteiger partial charge in [0.1, 0.15) is 28.7 Å². The van der Waals surface area contributed by atoms with Crippen molar-refractivity contribution in [1.29, 1.82) is 5.26 Å². The predicted octanol–water partition coefficient (Wildman–Crippen LogP) is 6.98. The van der Waals surface area contributed by atoms with Gasteiger partial charge in [0.2, 0.25) is 11.6 Å². The Morgan fingerprint density at radius 2 is 1.93 bits per heavy atom. The molecule has 0 amide bonds. The number of ether oxygens (including phenoxy) is 4. The molecule has 0 saturated heterocycles. The number of fused-ring (bicyclic) bond motifs is 2. The van der Waals surface area contributed by atoms with Gasteiger partial charge < -0.3 is 29.1 Å². The van der Waals surface area contributed by atoms with Gasteiger partial charge >= 0.3 is 5.97 Å². The van der Waals surface area contributed by atoms with Crippen molar-refractivity contribution < 1.29 is 28.2 Å². The summed E-state index contributed by atoms with van der Waals surface area (Å²) in [6, 6.07) is 18.2. The summed E-state index contributed by atoms with van der Waals surface area (Å²) in [4.78, 5) is 13.0. The first kappa shape index (κ1) is 27.2. The number of esters is 1. The van der Waals surface area contributed by atoms with Crippen LogP contribution in [0.2, 0.25) is 0 Å². The molecular formula is C31H27BrN2O6. The highest BCUT2D eigenvalue weighted by molar-refractivity contribution is 9.10. The first-order valence-electron chi connectivity index (χ1n) is 12.6. The second-order valence-corrected chi connectivity index (χ2v) is 10.7. The maximum Gasteiger partial charge on any atom is 0.379 e. The van der Waals surface area contributed by atoms with E-state index in [2.05, 4.69) is 35.8 Å². The van der Waals surface area contributed by atoms with Crippen molar-refractivity contribution in [2.45, 2.75) is 26.7 Å². The zero-order valence-electron chi connectivity index (χ0n) is 22.4. The lowest BCUT2D eigenvalue weighted by Crippen LogP contribution is -2.21. The van der Waals surface area contributed by atoms with Gasteiger partial charge in [-0.1, -0.05) is 41.9 Å². The van der Waals surface area contributed by atoms with E-state index in [0.717, 1.165) is 15.4 Å². The molecule has 2 heterocycles. The largest absolute Gasteiger partial charge is 0.493 e. The number of furan rings is 1. The first-order valence-corrected chi connectivity index (χ1v) is 13.4. The van der Waals surface area contributed by atoms with Crippen LogP contribution < -0.4 is 24.7 Å². The van der Waals surface area contributed by atoms with Crippen molar-refractivity contribution in [2.24, 2.45) is 11.7 Å². The lowest BCUT2D eigenvalue weighted by atomic mass is 9.83. The zero-order valence-corrected chi connectivity index (χ0v) is 24.0. The van der Waals surface area contributed by atoms with Gasteiger partial charge in [0.05, 0.1) is 19.6 Å². The quantitative estimate of drug-likeness (QED) is 0.178. The molecule has 40 heavy (non-hydrogen) atoms. The Labute approximate surface area is 240 Å². The minimum Gasteiger partial charge on any atom is -0.493 e. The average Bonchev–Trinajstić information content (AvgIpc) is 3.26. The highest BCUT2D eigenvalue weighted by atomic mass is 79.9. The molecule has 204 valence electrons. The summed E-state index contributed by atoms with van der Waals surface area (Å²) in [5.41, 5.74) is 9.16. The van der Waals surface area contributed by atoms with Gasteiger partial charge in [-0.25, -0.2) is 4.79 Å². The van der Waals surface area contributed by atoms with E-state index in [9.17, 15) is 10.1 Å². The molecule has 0 radical (unpaired) electrons. The number of hydrogen-bond acceptors (Lipinski definition) is 8. The van der Waals surface area contributed by atoms with Crippen LogP contribution in [-0.2, 0) is 0 Å². The number of rotatable bonds is 7. The lowest BCUT2D eigenvalue weighted by molar-refractivity contribution is 0.0702. The van der Waals surface area contributed by atoms with E-state index in [1.54, 1.807) is 38.3 Å². The van der Waals surface area contributed by atoms with Gasteiger partial charge in [0, 0.05) is 27.1 Å². The number of allylic oxidation sites excluding steroid dienone is 1. The molecule has 1 unspecified atom stereocenters. The minimum absolute atomic E-state index is 0.0266. The topological polar surface area (TPSA) is 117 Å². The molecule has 1 atom stereocenters. The molecule has 0 aliphatic carbocycles. The van der Waals surface area contributed by atoms with Gasteiger partial charge in [0.15, 0.2) is 11.5 Å². The molecular weight excluding hydrogens is 576 g/mol. The fraction of sp³-hybridized carbons (Fsp3) is 0.226. The van der Waals surface area contributed by atoms with E-state index in [-0.39, 0.29) is 23.0 Å². The third kappa shape index (κ3) is 5.10. The van der Waals surface area contributed by atoms with E-state index in [1.807, 2.05) is 30.3 Å². The van der Waals surface area contributed by atoms with Crippen molar-refractivity contribution in [3.63, 3.8) is 0 Å². The van der Waals surface area contributed by atoms with Gasteiger partial charge in [-0.15, -0.1) is 0 Å². The number of nitrogens with zero attached hydrogens (tertiary/aromatic N) is 1. The second kappa shape index (κ2) is 11.0. The van der Waals surface area contributed by atoms with Crippen molar-refractivity contribution in [1.82, 2.24) is 0 Å². The Morgan fingerprint density at radius 3 is 2.65 bits per heavy atom. The molecule has 0 fully saturated rings. The van der Waals surface area contributed by atoms with Gasteiger partial charge in [0.25, 0.3) is 0 Å². The van der Waals surface area contributed by atoms with Crippen LogP contribution >= 0.6 is 15.9 Å². The van der Waals surface area contributed by atoms with E-state index < -0.39 is 11.9 Å². The SMILES string of the molecule is COc1cc(C2C(C#N)=C(N)Oc3cc(OC(=O)c4oc5cc(Br)ccc5c4C)ccc32)ccc1OCC(C)C. The molecule has 0 bridgehead atoms. The second-order valence-electron chi connectivity index (χ2n) is 9.83. The predicted molar refractivity (Wildman–Crippen MR) is 153 cm³/mol. The highest BCUT2D eigenvalue weighted by Crippen LogP contribution is 2.45. The van der Waals surface area contributed by atoms with Crippen LogP contribution in [-0.4, -0.2) is 19.7 Å². The molecule has 1 aliphatic rings. The summed E-state index contributed by atoms with van der Waals surface area (Å²) in [7, 11) is 1.57. The Kier molecular flexibility index (Phi) is 7.46. The fourth-order valence-corrected chi connectivity index (χ4v) is 4.97. The van der Waals surface area contributed by atoms with Crippen LogP contribution in [0.1, 0.15) is 47.0 Å². The van der Waals surface area contributed by atoms with Crippen molar-refractivity contribution in [3.8, 4) is 29.1 Å². The van der Waals surface area contributed by atoms with Crippen molar-refractivity contribution in [2.75, 3.05) is 13.7 Å². The van der Waals surface area contributed by atoms with Crippen molar-refractivity contribution >= 4 is 32.9 Å². The highest BCUT2D eigenvalue weighted by Gasteiger charge is 2.32. The maximum absolute atomic E-state index is 13.0. The summed E-state index contributed by atoms with van der Waals surface area (Å²) in [6.45, 7) is 6.47. The molecule has 3 aromatic carbocycles. The Hall–Kier alpha value is -4.42. The number of methoxy groups -OCH3 is 1. The third-order valence-corrected chi connectivity index (χ3v) is 7.07. The monoisotopic (exact) mass is 602 g/mol. The molecule has 1 aliphatic heterocycles. The van der Waals surface area contributed by atoms with Crippen LogP contribution in [0.5, 0.6) is 23.0 Å². The van der Waals surface area contributed by atoms with Gasteiger partial charge in [-0.2, -0.15) is 5.26 Å². The molecule has 4 aromatic rings. The maximum atomic E-state index is 13.0. The van der Waals surface area contributed by atoms with E-state index >= 15 is 0 Å². The van der Waals surface area contributed by atoms with Gasteiger partial charge in [-0.05, 0) is 54.8 Å². The minimum atomic E-state index is -0.639. The zero-order chi connectivity index (χ0) is 28.6. The summed E-state index contributed by atoms with van der Waals surface area (Å²) in [6.07, 6.45) is 0. The van der Waals surface area contributed by atoms with Crippen molar-refractivity contribution in [3.05, 3.63) is 93.0 Å². The fourth-order valence-electron chi connectivity index (χ4n) is 4.63. The van der Waals surface area contributed by atoms with Crippen LogP contribution in [0.25, 0.3) is 11.0 Å². The molecule has 2 N–H and O–H groups in total. The van der Waals surface area contributed by atoms with E-state index in [1.165, 1.54) is 0 Å². The molecule has 9 heteroatoms. The summed E-state index contributed by atoms with van der Waals surface area (Å²) >= 11 is 3.41. The molecule has 0 spiro atoms. The number of aryl methyl sites for hydroxylation is 1. The number of nitriles is 1. The Balaban J connectivity index is 1.47. The number of hydrogen-bond donors (Lipinski definition) is 1. The van der Waals surface area contributed by atoms with E-state index in [4.69, 9.17) is 29.1 Å². The van der Waals surface area contributed by atoms with E-state index in [0.29, 0.717) is 46.5 Å². The first-order chi connectivity index (χ1) is 19.2. The Morgan fingerprint density at radius 1 is 1.12 bits per heavy atom. The van der Waals surface area contributed by atoms with Crippen LogP contribution in [0.3, 0.4) is 0 Å². The molecule has 8 nitrogen and oxygen atoms in total. The summed E-state index contributed by atoms with van der Waals surface area (Å²) in [5, 5.41) is 10.8. The van der Waals surface area contributed by atoms with Gasteiger partial charge in [-0.3, -0.25) is 0 Å². The van der Waals surface area contributed by atoms with Crippen LogP contribution in [0.4, 0.5) is 0 Å². The normalized spacial score (nSPS) is 14.5. The average molecular weight is 603 g/mol. The summed E-state index contributed by atoms with van der Waals surface area (Å²) < 4.78 is 29.6. The standard InChI is InChI=1S/C31H27BrN2O6/c1-16(2)15-37-24-10-5-18(11-27(24)36-4)28-22-9-7-20(13-26(22)40-30(34)23(28)14-33)38-31(35)29-17(3)21-8-6-19(32)12-25(21)39-29/h5-13,16,28H,15,34H2,1-4H3. The Bertz CT molecular complexity index is 1700. The smallest absolute Gasteiger partial charge is 0.379 e. The number of benzene rings is 3. The lowest BCUT2D eigenvalue weighted by Gasteiger charge is -2.27. The molecule has 1 aromatic heterocycles. The molecule has 5 rings (SSSR count). The molecule has 0 saturated carbocycles. The number of halogens is 1.